The Labute approximate surface area is 169 Å². The Kier molecular flexibility index (Phi) is 6.59. The minimum atomic E-state index is -0.330. The van der Waals surface area contributed by atoms with Crippen LogP contribution in [-0.4, -0.2) is 19.0 Å². The fourth-order valence-electron chi connectivity index (χ4n) is 3.17. The van der Waals surface area contributed by atoms with E-state index in [4.69, 9.17) is 16.3 Å². The number of aryl methyl sites for hydroxylation is 1. The molecule has 0 fully saturated rings. The van der Waals surface area contributed by atoms with Crippen molar-refractivity contribution >= 4 is 29.3 Å². The van der Waals surface area contributed by atoms with Crippen molar-refractivity contribution < 1.29 is 9.53 Å². The van der Waals surface area contributed by atoms with Crippen molar-refractivity contribution in [3.05, 3.63) is 83.4 Å². The number of hydrogen-bond donors (Lipinski definition) is 0. The van der Waals surface area contributed by atoms with E-state index in [1.165, 1.54) is 7.11 Å². The molecule has 0 atom stereocenters. The number of alkyl halides is 1. The molecule has 0 saturated carbocycles. The highest BCUT2D eigenvalue weighted by Crippen LogP contribution is 2.40. The topological polar surface area (TPSA) is 26.3 Å². The molecular weight excluding hydrogens is 376 g/mol. The van der Waals surface area contributed by atoms with Crippen molar-refractivity contribution in [2.75, 3.05) is 13.0 Å². The first kappa shape index (κ1) is 19.5. The Morgan fingerprint density at radius 2 is 1.67 bits per heavy atom. The summed E-state index contributed by atoms with van der Waals surface area (Å²) >= 11 is 7.66. The van der Waals surface area contributed by atoms with Crippen molar-refractivity contribution in [3.8, 4) is 11.1 Å². The van der Waals surface area contributed by atoms with Crippen LogP contribution in [0.5, 0.6) is 0 Å². The van der Waals surface area contributed by atoms with Gasteiger partial charge in [-0.3, -0.25) is 0 Å². The van der Waals surface area contributed by atoms with Gasteiger partial charge in [0.15, 0.2) is 0 Å². The molecule has 27 heavy (non-hydrogen) atoms. The molecule has 3 aromatic carbocycles. The zero-order valence-electron chi connectivity index (χ0n) is 15.4. The molecule has 3 aromatic rings. The Morgan fingerprint density at radius 1 is 1.04 bits per heavy atom. The molecule has 0 aliphatic heterocycles. The highest BCUT2D eigenvalue weighted by molar-refractivity contribution is 7.99. The second-order valence-electron chi connectivity index (χ2n) is 6.13. The van der Waals surface area contributed by atoms with Crippen LogP contribution in [0.2, 0.25) is 0 Å². The zero-order chi connectivity index (χ0) is 19.2. The number of rotatable bonds is 6. The van der Waals surface area contributed by atoms with Crippen LogP contribution >= 0.6 is 23.4 Å². The normalized spacial score (nSPS) is 10.6. The van der Waals surface area contributed by atoms with Gasteiger partial charge in [-0.2, -0.15) is 0 Å². The number of methoxy groups -OCH3 is 1. The average Bonchev–Trinajstić information content (AvgIpc) is 2.70. The maximum Gasteiger partial charge on any atom is 0.339 e. The Hall–Kier alpha value is -2.23. The van der Waals surface area contributed by atoms with Crippen LogP contribution in [-0.2, 0) is 11.2 Å². The smallest absolute Gasteiger partial charge is 0.339 e. The fourth-order valence-corrected chi connectivity index (χ4v) is 4.43. The van der Waals surface area contributed by atoms with Gasteiger partial charge in [-0.15, -0.1) is 11.6 Å². The van der Waals surface area contributed by atoms with E-state index in [1.54, 1.807) is 11.8 Å². The Balaban J connectivity index is 2.28. The van der Waals surface area contributed by atoms with Crippen molar-refractivity contribution in [1.82, 2.24) is 0 Å². The van der Waals surface area contributed by atoms with E-state index >= 15 is 0 Å². The molecule has 0 saturated heterocycles. The van der Waals surface area contributed by atoms with E-state index < -0.39 is 0 Å². The van der Waals surface area contributed by atoms with Gasteiger partial charge in [0.1, 0.15) is 0 Å². The number of benzene rings is 3. The summed E-state index contributed by atoms with van der Waals surface area (Å²) in [4.78, 5) is 14.8. The Bertz CT molecular complexity index is 924. The molecule has 0 radical (unpaired) electrons. The van der Waals surface area contributed by atoms with Gasteiger partial charge in [0.25, 0.3) is 0 Å². The van der Waals surface area contributed by atoms with Gasteiger partial charge in [-0.05, 0) is 48.2 Å². The summed E-state index contributed by atoms with van der Waals surface area (Å²) in [7, 11) is 1.43. The minimum Gasteiger partial charge on any atom is -0.465 e. The fraction of sp³-hybridized carbons (Fsp3) is 0.174. The molecule has 0 N–H and O–H groups in total. The maximum absolute atomic E-state index is 12.8. The number of halogens is 1. The number of carbonyl (C=O) groups excluding carboxylic acids is 1. The van der Waals surface area contributed by atoms with E-state index in [1.807, 2.05) is 60.7 Å². The Morgan fingerprint density at radius 3 is 2.26 bits per heavy atom. The van der Waals surface area contributed by atoms with Crippen molar-refractivity contribution in [1.29, 1.82) is 0 Å². The number of carbonyl (C=O) groups is 1. The van der Waals surface area contributed by atoms with E-state index in [0.29, 0.717) is 17.9 Å². The lowest BCUT2D eigenvalue weighted by Crippen LogP contribution is -2.10. The predicted molar refractivity (Wildman–Crippen MR) is 113 cm³/mol. The highest BCUT2D eigenvalue weighted by atomic mass is 35.5. The maximum atomic E-state index is 12.8. The molecule has 0 bridgehead atoms. The van der Waals surface area contributed by atoms with Crippen molar-refractivity contribution in [3.63, 3.8) is 0 Å². The summed E-state index contributed by atoms with van der Waals surface area (Å²) in [5, 5.41) is 0. The molecule has 0 aliphatic rings. The molecule has 0 spiro atoms. The van der Waals surface area contributed by atoms with Crippen molar-refractivity contribution in [2.45, 2.75) is 23.1 Å². The summed E-state index contributed by atoms with van der Waals surface area (Å²) in [6.45, 7) is 2.07. The molecule has 3 rings (SSSR count). The summed E-state index contributed by atoms with van der Waals surface area (Å²) < 4.78 is 5.16. The first-order valence-corrected chi connectivity index (χ1v) is 10.1. The van der Waals surface area contributed by atoms with Gasteiger partial charge in [0.2, 0.25) is 0 Å². The summed E-state index contributed by atoms with van der Waals surface area (Å²) in [6.07, 6.45) is 0.692. The molecule has 4 heteroatoms. The summed E-state index contributed by atoms with van der Waals surface area (Å²) in [5.41, 5.74) is 4.73. The number of esters is 1. The van der Waals surface area contributed by atoms with E-state index in [2.05, 4.69) is 13.0 Å². The number of hydrogen-bond acceptors (Lipinski definition) is 3. The van der Waals surface area contributed by atoms with E-state index in [9.17, 15) is 4.79 Å². The van der Waals surface area contributed by atoms with Crippen LogP contribution in [0.25, 0.3) is 11.1 Å². The third kappa shape index (κ3) is 4.37. The van der Waals surface area contributed by atoms with Gasteiger partial charge in [-0.25, -0.2) is 4.79 Å². The second kappa shape index (κ2) is 9.12. The standard InChI is InChI=1S/C23H21ClO2S/c1-16-15-20(27-18-11-7-4-8-12-18)22(23(25)26-2)21(19(16)13-14-24)17-9-5-3-6-10-17/h3-12,15H,13-14H2,1-2H3. The van der Waals surface area contributed by atoms with Crippen LogP contribution in [0, 0.1) is 6.92 Å². The van der Waals surface area contributed by atoms with Gasteiger partial charge < -0.3 is 4.74 Å². The van der Waals surface area contributed by atoms with Crippen LogP contribution < -0.4 is 0 Å². The first-order valence-electron chi connectivity index (χ1n) is 8.74. The molecule has 2 nitrogen and oxygen atoms in total. The quantitative estimate of drug-likeness (QED) is 0.357. The molecule has 0 unspecified atom stereocenters. The molecule has 138 valence electrons. The van der Waals surface area contributed by atoms with Gasteiger partial charge >= 0.3 is 5.97 Å². The first-order chi connectivity index (χ1) is 13.2. The van der Waals surface area contributed by atoms with E-state index in [0.717, 1.165) is 32.0 Å². The second-order valence-corrected chi connectivity index (χ2v) is 7.63. The third-order valence-electron chi connectivity index (χ3n) is 4.39. The molecule has 0 amide bonds. The van der Waals surface area contributed by atoms with Gasteiger partial charge in [0, 0.05) is 21.2 Å². The van der Waals surface area contributed by atoms with Crippen LogP contribution in [0.15, 0.2) is 76.5 Å². The molecule has 0 aromatic heterocycles. The lowest BCUT2D eigenvalue weighted by molar-refractivity contribution is 0.0597. The minimum absolute atomic E-state index is 0.330. The summed E-state index contributed by atoms with van der Waals surface area (Å²) in [5.74, 6) is 0.162. The number of ether oxygens (including phenoxy) is 1. The third-order valence-corrected chi connectivity index (χ3v) is 5.63. The predicted octanol–water partition coefficient (Wildman–Crippen LogP) is 6.38. The van der Waals surface area contributed by atoms with Gasteiger partial charge in [-0.1, -0.05) is 60.3 Å². The average molecular weight is 397 g/mol. The largest absolute Gasteiger partial charge is 0.465 e. The van der Waals surface area contributed by atoms with Crippen molar-refractivity contribution in [2.24, 2.45) is 0 Å². The molecule has 0 heterocycles. The molecular formula is C23H21ClO2S. The zero-order valence-corrected chi connectivity index (χ0v) is 16.9. The van der Waals surface area contributed by atoms with E-state index in [-0.39, 0.29) is 5.97 Å². The van der Waals surface area contributed by atoms with Crippen LogP contribution in [0.3, 0.4) is 0 Å². The monoisotopic (exact) mass is 396 g/mol. The summed E-state index contributed by atoms with van der Waals surface area (Å²) in [6, 6.07) is 22.1. The lowest BCUT2D eigenvalue weighted by Gasteiger charge is -2.20. The van der Waals surface area contributed by atoms with Crippen LogP contribution in [0.1, 0.15) is 21.5 Å². The van der Waals surface area contributed by atoms with Crippen LogP contribution in [0.4, 0.5) is 0 Å². The molecule has 0 aliphatic carbocycles. The van der Waals surface area contributed by atoms with Gasteiger partial charge in [0.05, 0.1) is 12.7 Å². The highest BCUT2D eigenvalue weighted by Gasteiger charge is 2.23. The lowest BCUT2D eigenvalue weighted by atomic mass is 9.89. The SMILES string of the molecule is COC(=O)c1c(Sc2ccccc2)cc(C)c(CCCl)c1-c1ccccc1.